The molecule has 0 aromatic carbocycles. The normalized spacial score (nSPS) is 14.8. The van der Waals surface area contributed by atoms with Gasteiger partial charge in [0.2, 0.25) is 5.71 Å². The van der Waals surface area contributed by atoms with Crippen LogP contribution in [0.15, 0.2) is 33.7 Å². The number of hydrogen-bond donors (Lipinski definition) is 2. The quantitative estimate of drug-likeness (QED) is 0.500. The zero-order valence-corrected chi connectivity index (χ0v) is 16.9. The molecule has 154 valence electrons. The highest BCUT2D eigenvalue weighted by Crippen LogP contribution is 2.39. The highest BCUT2D eigenvalue weighted by Gasteiger charge is 2.38. The number of carbonyl (C=O) groups excluding carboxylic acids is 1. The Morgan fingerprint density at radius 3 is 2.90 bits per heavy atom. The lowest BCUT2D eigenvalue weighted by Gasteiger charge is -2.13. The van der Waals surface area contributed by atoms with Crippen molar-refractivity contribution in [1.82, 2.24) is 30.2 Å². The van der Waals surface area contributed by atoms with Gasteiger partial charge in [-0.15, -0.1) is 0 Å². The Balaban J connectivity index is 1.36. The molecule has 10 nitrogen and oxygen atoms in total. The number of amides is 1. The van der Waals surface area contributed by atoms with E-state index in [1.807, 2.05) is 13.2 Å². The van der Waals surface area contributed by atoms with Crippen molar-refractivity contribution in [1.29, 1.82) is 0 Å². The number of furan rings is 1. The Morgan fingerprint density at radius 1 is 1.33 bits per heavy atom. The molecule has 5 rings (SSSR count). The summed E-state index contributed by atoms with van der Waals surface area (Å²) in [6, 6.07) is 1.78. The van der Waals surface area contributed by atoms with E-state index in [9.17, 15) is 4.79 Å². The Kier molecular flexibility index (Phi) is 4.09. The second-order valence-electron chi connectivity index (χ2n) is 7.90. The average molecular weight is 407 g/mol. The van der Waals surface area contributed by atoms with Gasteiger partial charge in [0, 0.05) is 24.8 Å². The summed E-state index contributed by atoms with van der Waals surface area (Å²) in [7, 11) is 1.83. The predicted octanol–water partition coefficient (Wildman–Crippen LogP) is 2.81. The molecule has 2 N–H and O–H groups in total. The van der Waals surface area contributed by atoms with Crippen LogP contribution >= 0.6 is 0 Å². The zero-order valence-electron chi connectivity index (χ0n) is 16.9. The molecule has 4 heterocycles. The van der Waals surface area contributed by atoms with Crippen LogP contribution in [0.1, 0.15) is 41.6 Å². The van der Waals surface area contributed by atoms with Gasteiger partial charge >= 0.3 is 0 Å². The van der Waals surface area contributed by atoms with Gasteiger partial charge in [0.25, 0.3) is 5.91 Å². The fourth-order valence-electron chi connectivity index (χ4n) is 3.25. The minimum Gasteiger partial charge on any atom is -0.445 e. The molecule has 1 fully saturated rings. The SMILES string of the molecule is Cc1nc(NC2(C)CC2)c2c(C(=O)NCc3cc(-c4cnn(C)c4)on3)coc2n1. The third-order valence-corrected chi connectivity index (χ3v) is 5.19. The summed E-state index contributed by atoms with van der Waals surface area (Å²) in [6.07, 6.45) is 7.05. The highest BCUT2D eigenvalue weighted by molar-refractivity contribution is 6.08. The van der Waals surface area contributed by atoms with Gasteiger partial charge in [0.15, 0.2) is 5.76 Å². The topological polar surface area (TPSA) is 124 Å². The fourth-order valence-corrected chi connectivity index (χ4v) is 3.25. The molecule has 0 saturated heterocycles. The Hall–Kier alpha value is -3.69. The summed E-state index contributed by atoms with van der Waals surface area (Å²) in [5.74, 6) is 1.50. The van der Waals surface area contributed by atoms with E-state index in [1.54, 1.807) is 23.9 Å². The van der Waals surface area contributed by atoms with Crippen LogP contribution in [0.4, 0.5) is 5.82 Å². The summed E-state index contributed by atoms with van der Waals surface area (Å²) in [5.41, 5.74) is 2.20. The molecule has 0 atom stereocenters. The van der Waals surface area contributed by atoms with Gasteiger partial charge in [-0.3, -0.25) is 9.48 Å². The van der Waals surface area contributed by atoms with Crippen LogP contribution in [0.5, 0.6) is 0 Å². The van der Waals surface area contributed by atoms with Crippen molar-refractivity contribution in [2.45, 2.75) is 38.8 Å². The number of hydrogen-bond acceptors (Lipinski definition) is 8. The maximum Gasteiger partial charge on any atom is 0.255 e. The van der Waals surface area contributed by atoms with Crippen LogP contribution in [0.2, 0.25) is 0 Å². The van der Waals surface area contributed by atoms with E-state index in [0.717, 1.165) is 18.4 Å². The van der Waals surface area contributed by atoms with E-state index >= 15 is 0 Å². The van der Waals surface area contributed by atoms with Crippen LogP contribution in [-0.4, -0.2) is 36.4 Å². The van der Waals surface area contributed by atoms with Crippen molar-refractivity contribution >= 4 is 22.8 Å². The molecule has 1 amide bonds. The maximum atomic E-state index is 12.9. The lowest BCUT2D eigenvalue weighted by Crippen LogP contribution is -2.23. The van der Waals surface area contributed by atoms with Crippen LogP contribution in [0.3, 0.4) is 0 Å². The van der Waals surface area contributed by atoms with Crippen molar-refractivity contribution < 1.29 is 13.7 Å². The number of fused-ring (bicyclic) bond motifs is 1. The van der Waals surface area contributed by atoms with Gasteiger partial charge in [0.1, 0.15) is 23.6 Å². The predicted molar refractivity (Wildman–Crippen MR) is 108 cm³/mol. The first-order valence-corrected chi connectivity index (χ1v) is 9.67. The average Bonchev–Trinajstić information content (AvgIpc) is 3.14. The van der Waals surface area contributed by atoms with Gasteiger partial charge < -0.3 is 19.6 Å². The molecule has 4 aromatic rings. The standard InChI is InChI=1S/C20H21N7O3/c1-11-23-17(25-20(2)4-5-20)16-14(10-29-19(16)24-11)18(28)21-8-13-6-15(30-26-13)12-7-22-27(3)9-12/h6-7,9-10H,4-5,8H2,1-3H3,(H,21,28)(H,23,24,25). The number of rotatable bonds is 6. The van der Waals surface area contributed by atoms with Crippen molar-refractivity contribution in [2.24, 2.45) is 7.05 Å². The molecule has 4 aromatic heterocycles. The van der Waals surface area contributed by atoms with Gasteiger partial charge in [-0.25, -0.2) is 4.98 Å². The lowest BCUT2D eigenvalue weighted by atomic mass is 10.2. The van der Waals surface area contributed by atoms with Gasteiger partial charge in [-0.1, -0.05) is 5.16 Å². The van der Waals surface area contributed by atoms with E-state index in [2.05, 4.69) is 37.8 Å². The van der Waals surface area contributed by atoms with Crippen molar-refractivity contribution in [3.8, 4) is 11.3 Å². The van der Waals surface area contributed by atoms with Crippen LogP contribution in [-0.2, 0) is 13.6 Å². The largest absolute Gasteiger partial charge is 0.445 e. The lowest BCUT2D eigenvalue weighted by molar-refractivity contribution is 0.0951. The number of aryl methyl sites for hydroxylation is 2. The highest BCUT2D eigenvalue weighted by atomic mass is 16.5. The van der Waals surface area contributed by atoms with Gasteiger partial charge in [0.05, 0.1) is 29.3 Å². The molecule has 0 bridgehead atoms. The smallest absolute Gasteiger partial charge is 0.255 e. The Labute approximate surface area is 171 Å². The number of anilines is 1. The van der Waals surface area contributed by atoms with E-state index in [-0.39, 0.29) is 18.0 Å². The molecule has 0 spiro atoms. The second kappa shape index (κ2) is 6.68. The molecular formula is C20H21N7O3. The summed E-state index contributed by atoms with van der Waals surface area (Å²) in [5, 5.41) is 15.0. The Bertz CT molecular complexity index is 1250. The first-order chi connectivity index (χ1) is 14.4. The molecule has 30 heavy (non-hydrogen) atoms. The zero-order chi connectivity index (χ0) is 20.9. The van der Waals surface area contributed by atoms with Gasteiger partial charge in [-0.2, -0.15) is 10.1 Å². The molecule has 0 unspecified atom stereocenters. The van der Waals surface area contributed by atoms with E-state index in [0.29, 0.717) is 39.8 Å². The number of carbonyl (C=O) groups is 1. The van der Waals surface area contributed by atoms with Crippen molar-refractivity contribution in [3.63, 3.8) is 0 Å². The third-order valence-electron chi connectivity index (χ3n) is 5.19. The second-order valence-corrected chi connectivity index (χ2v) is 7.90. The van der Waals surface area contributed by atoms with Crippen LogP contribution < -0.4 is 10.6 Å². The molecule has 0 radical (unpaired) electrons. The number of nitrogens with zero attached hydrogens (tertiary/aromatic N) is 5. The van der Waals surface area contributed by atoms with Crippen molar-refractivity contribution in [2.75, 3.05) is 5.32 Å². The first-order valence-electron chi connectivity index (χ1n) is 9.67. The minimum atomic E-state index is -0.295. The molecule has 10 heteroatoms. The first kappa shape index (κ1) is 18.3. The molecular weight excluding hydrogens is 386 g/mol. The Morgan fingerprint density at radius 2 is 2.17 bits per heavy atom. The van der Waals surface area contributed by atoms with Crippen LogP contribution in [0.25, 0.3) is 22.4 Å². The fraction of sp³-hybridized carbons (Fsp3) is 0.350. The molecule has 1 saturated carbocycles. The molecule has 1 aliphatic carbocycles. The monoisotopic (exact) mass is 407 g/mol. The van der Waals surface area contributed by atoms with Crippen LogP contribution in [0, 0.1) is 6.92 Å². The van der Waals surface area contributed by atoms with E-state index in [4.69, 9.17) is 8.94 Å². The molecule has 0 aliphatic heterocycles. The third kappa shape index (κ3) is 3.40. The number of nitrogens with one attached hydrogen (secondary N) is 2. The number of aromatic nitrogens is 5. The summed E-state index contributed by atoms with van der Waals surface area (Å²) >= 11 is 0. The van der Waals surface area contributed by atoms with E-state index < -0.39 is 0 Å². The summed E-state index contributed by atoms with van der Waals surface area (Å²) in [4.78, 5) is 21.7. The van der Waals surface area contributed by atoms with Crippen molar-refractivity contribution in [3.05, 3.63) is 41.8 Å². The maximum absolute atomic E-state index is 12.9. The molecule has 1 aliphatic rings. The van der Waals surface area contributed by atoms with E-state index in [1.165, 1.54) is 6.26 Å². The van der Waals surface area contributed by atoms with Gasteiger partial charge in [-0.05, 0) is 26.7 Å². The summed E-state index contributed by atoms with van der Waals surface area (Å²) in [6.45, 7) is 4.13. The summed E-state index contributed by atoms with van der Waals surface area (Å²) < 4.78 is 12.6. The minimum absolute atomic E-state index is 0.00213.